The molecule has 1 aliphatic heterocycles. The van der Waals surface area contributed by atoms with Crippen LogP contribution in [0.5, 0.6) is 0 Å². The summed E-state index contributed by atoms with van der Waals surface area (Å²) in [5, 5.41) is 20.5. The van der Waals surface area contributed by atoms with Crippen molar-refractivity contribution in [1.82, 2.24) is 10.2 Å². The van der Waals surface area contributed by atoms with Gasteiger partial charge < -0.3 is 25.2 Å². The van der Waals surface area contributed by atoms with Crippen molar-refractivity contribution >= 4 is 29.5 Å². The Kier molecular flexibility index (Phi) is 19.0. The average molecular weight is 553 g/mol. The van der Waals surface area contributed by atoms with Crippen LogP contribution in [-0.2, 0) is 24.0 Å². The first-order valence-corrected chi connectivity index (χ1v) is 15.2. The Labute approximate surface area is 234 Å². The Morgan fingerprint density at radius 1 is 0.692 bits per heavy atom. The van der Waals surface area contributed by atoms with Crippen LogP contribution < -0.4 is 5.32 Å². The third-order valence-electron chi connectivity index (χ3n) is 7.65. The molecule has 0 aromatic rings. The number of piperidine rings is 1. The highest BCUT2D eigenvalue weighted by Crippen LogP contribution is 2.20. The van der Waals surface area contributed by atoms with Crippen LogP contribution in [0.3, 0.4) is 0 Å². The predicted octanol–water partition coefficient (Wildman–Crippen LogP) is 5.49. The van der Waals surface area contributed by atoms with E-state index in [9.17, 15) is 29.1 Å². The molecule has 1 rings (SSSR count). The molecule has 0 bridgehead atoms. The third kappa shape index (κ3) is 17.7. The minimum atomic E-state index is -1.13. The zero-order valence-corrected chi connectivity index (χ0v) is 24.1. The number of ketones is 1. The maximum Gasteiger partial charge on any atom is 0.326 e. The molecule has 39 heavy (non-hydrogen) atoms. The van der Waals surface area contributed by atoms with E-state index in [0.29, 0.717) is 38.8 Å². The van der Waals surface area contributed by atoms with Crippen LogP contribution in [0.2, 0.25) is 0 Å². The first-order valence-electron chi connectivity index (χ1n) is 15.2. The molecule has 0 radical (unpaired) electrons. The molecule has 9 heteroatoms. The summed E-state index contributed by atoms with van der Waals surface area (Å²) in [5.41, 5.74) is 0. The molecule has 1 atom stereocenters. The van der Waals surface area contributed by atoms with Gasteiger partial charge in [0.25, 0.3) is 0 Å². The van der Waals surface area contributed by atoms with Crippen LogP contribution in [0.1, 0.15) is 135 Å². The van der Waals surface area contributed by atoms with Crippen molar-refractivity contribution in [2.75, 3.05) is 13.1 Å². The molecule has 1 aliphatic rings. The van der Waals surface area contributed by atoms with Crippen molar-refractivity contribution in [3.05, 3.63) is 0 Å². The summed E-state index contributed by atoms with van der Waals surface area (Å²) in [7, 11) is 0. The lowest BCUT2D eigenvalue weighted by atomic mass is 9.94. The van der Waals surface area contributed by atoms with E-state index >= 15 is 0 Å². The Morgan fingerprint density at radius 3 is 1.54 bits per heavy atom. The molecule has 0 aromatic carbocycles. The van der Waals surface area contributed by atoms with Gasteiger partial charge in [-0.2, -0.15) is 0 Å². The fraction of sp³-hybridized carbons (Fsp3) is 0.833. The summed E-state index contributed by atoms with van der Waals surface area (Å²) < 4.78 is 0. The first kappa shape index (κ1) is 34.6. The van der Waals surface area contributed by atoms with E-state index in [-0.39, 0.29) is 36.4 Å². The Hall–Kier alpha value is -2.45. The van der Waals surface area contributed by atoms with Gasteiger partial charge in [0.1, 0.15) is 11.8 Å². The molecule has 1 saturated heterocycles. The van der Waals surface area contributed by atoms with E-state index in [4.69, 9.17) is 5.11 Å². The largest absolute Gasteiger partial charge is 0.481 e. The van der Waals surface area contributed by atoms with Crippen LogP contribution in [-0.4, -0.2) is 63.8 Å². The van der Waals surface area contributed by atoms with Crippen molar-refractivity contribution in [2.45, 2.75) is 141 Å². The standard InChI is InChI=1S/C30H52N2O7/c1-24(33)18-19-26(30(38)39)31-29(37)25-20-22-32(23-21-25)27(34)16-14-12-10-8-6-4-2-3-5-7-9-11-13-15-17-28(35)36/h25-26H,2-23H2,1H3,(H,31,37)(H,35,36)(H,38,39)/t26-/m1/s1. The van der Waals surface area contributed by atoms with Crippen molar-refractivity contribution in [2.24, 2.45) is 5.92 Å². The summed E-state index contributed by atoms with van der Waals surface area (Å²) in [6, 6.07) is -1.06. The van der Waals surface area contributed by atoms with E-state index in [1.54, 1.807) is 0 Å². The molecule has 0 saturated carbocycles. The SMILES string of the molecule is CC(=O)CC[C@@H](NC(=O)C1CCN(C(=O)CCCCCCCCCCCCCCCCC(=O)O)CC1)C(=O)O. The number of hydrogen-bond acceptors (Lipinski definition) is 5. The molecular weight excluding hydrogens is 500 g/mol. The van der Waals surface area contributed by atoms with Crippen LogP contribution in [0.4, 0.5) is 0 Å². The Morgan fingerprint density at radius 2 is 1.13 bits per heavy atom. The summed E-state index contributed by atoms with van der Waals surface area (Å²) in [5.74, 6) is -2.40. The molecule has 9 nitrogen and oxygen atoms in total. The van der Waals surface area contributed by atoms with Crippen LogP contribution >= 0.6 is 0 Å². The highest BCUT2D eigenvalue weighted by Gasteiger charge is 2.29. The number of amides is 2. The van der Waals surface area contributed by atoms with Gasteiger partial charge in [0.15, 0.2) is 0 Å². The minimum Gasteiger partial charge on any atom is -0.481 e. The van der Waals surface area contributed by atoms with Gasteiger partial charge in [0, 0.05) is 38.3 Å². The molecule has 0 unspecified atom stereocenters. The monoisotopic (exact) mass is 552 g/mol. The molecule has 0 aromatic heterocycles. The second kappa shape index (κ2) is 21.4. The summed E-state index contributed by atoms with van der Waals surface area (Å²) in [4.78, 5) is 59.9. The van der Waals surface area contributed by atoms with Gasteiger partial charge in [-0.05, 0) is 39.0 Å². The van der Waals surface area contributed by atoms with Gasteiger partial charge in [-0.15, -0.1) is 0 Å². The van der Waals surface area contributed by atoms with Gasteiger partial charge in [-0.1, -0.05) is 77.0 Å². The van der Waals surface area contributed by atoms with Crippen LogP contribution in [0, 0.1) is 5.92 Å². The third-order valence-corrected chi connectivity index (χ3v) is 7.65. The molecule has 2 amide bonds. The number of hydrogen-bond donors (Lipinski definition) is 3. The van der Waals surface area contributed by atoms with Gasteiger partial charge in [-0.3, -0.25) is 14.4 Å². The maximum absolute atomic E-state index is 12.5. The van der Waals surface area contributed by atoms with E-state index in [2.05, 4.69) is 5.32 Å². The summed E-state index contributed by atoms with van der Waals surface area (Å²) in [6.07, 6.45) is 18.2. The zero-order valence-electron chi connectivity index (χ0n) is 24.1. The second-order valence-electron chi connectivity index (χ2n) is 11.1. The number of Topliss-reactive ketones (excluding diaryl/α,β-unsaturated/α-hetero) is 1. The Bertz CT molecular complexity index is 748. The number of rotatable bonds is 23. The van der Waals surface area contributed by atoms with Gasteiger partial charge in [0.05, 0.1) is 0 Å². The number of unbranched alkanes of at least 4 members (excludes halogenated alkanes) is 13. The lowest BCUT2D eigenvalue weighted by Gasteiger charge is -2.32. The molecule has 224 valence electrons. The van der Waals surface area contributed by atoms with Gasteiger partial charge in [-0.25, -0.2) is 4.79 Å². The maximum atomic E-state index is 12.5. The van der Waals surface area contributed by atoms with E-state index in [0.717, 1.165) is 38.5 Å². The van der Waals surface area contributed by atoms with E-state index in [1.165, 1.54) is 58.3 Å². The average Bonchev–Trinajstić information content (AvgIpc) is 2.90. The number of likely N-dealkylation sites (tertiary alicyclic amines) is 1. The Balaban J connectivity index is 2.00. The van der Waals surface area contributed by atoms with Crippen molar-refractivity contribution in [3.63, 3.8) is 0 Å². The lowest BCUT2D eigenvalue weighted by molar-refractivity contribution is -0.143. The zero-order chi connectivity index (χ0) is 28.9. The molecule has 0 spiro atoms. The minimum absolute atomic E-state index is 0.0909. The van der Waals surface area contributed by atoms with Gasteiger partial charge in [0.2, 0.25) is 11.8 Å². The molecule has 1 heterocycles. The number of carboxylic acids is 2. The molecule has 1 fully saturated rings. The number of nitrogens with one attached hydrogen (secondary N) is 1. The van der Waals surface area contributed by atoms with Crippen LogP contribution in [0.15, 0.2) is 0 Å². The normalized spacial score (nSPS) is 14.6. The number of carbonyl (C=O) groups excluding carboxylic acids is 3. The van der Waals surface area contributed by atoms with E-state index < -0.39 is 18.0 Å². The summed E-state index contributed by atoms with van der Waals surface area (Å²) in [6.45, 7) is 2.44. The van der Waals surface area contributed by atoms with Gasteiger partial charge >= 0.3 is 11.9 Å². The molecular formula is C30H52N2O7. The summed E-state index contributed by atoms with van der Waals surface area (Å²) >= 11 is 0. The van der Waals surface area contributed by atoms with Crippen molar-refractivity contribution < 1.29 is 34.2 Å². The first-order chi connectivity index (χ1) is 18.7. The van der Waals surface area contributed by atoms with Crippen molar-refractivity contribution in [3.8, 4) is 0 Å². The van der Waals surface area contributed by atoms with E-state index in [1.807, 2.05) is 4.90 Å². The fourth-order valence-corrected chi connectivity index (χ4v) is 5.12. The number of carbonyl (C=O) groups is 5. The molecule has 0 aliphatic carbocycles. The second-order valence-corrected chi connectivity index (χ2v) is 11.1. The lowest BCUT2D eigenvalue weighted by Crippen LogP contribution is -2.47. The molecule has 3 N–H and O–H groups in total. The number of nitrogens with zero attached hydrogens (tertiary/aromatic N) is 1. The smallest absolute Gasteiger partial charge is 0.326 e. The number of carboxylic acid groups (broad SMARTS) is 2. The highest BCUT2D eigenvalue weighted by atomic mass is 16.4. The highest BCUT2D eigenvalue weighted by molar-refractivity contribution is 5.86. The fourth-order valence-electron chi connectivity index (χ4n) is 5.12. The predicted molar refractivity (Wildman–Crippen MR) is 150 cm³/mol. The van der Waals surface area contributed by atoms with Crippen LogP contribution in [0.25, 0.3) is 0 Å². The van der Waals surface area contributed by atoms with Crippen molar-refractivity contribution in [1.29, 1.82) is 0 Å². The topological polar surface area (TPSA) is 141 Å². The quantitative estimate of drug-likeness (QED) is 0.142. The number of aliphatic carboxylic acids is 2.